The van der Waals surface area contributed by atoms with Crippen LogP contribution < -0.4 is 5.32 Å². The summed E-state index contributed by atoms with van der Waals surface area (Å²) in [6.45, 7) is 4.26. The minimum Gasteiger partial charge on any atom is -0.481 e. The lowest BCUT2D eigenvalue weighted by atomic mass is 10.1. The van der Waals surface area contributed by atoms with E-state index in [4.69, 9.17) is 9.84 Å². The molecule has 15 heavy (non-hydrogen) atoms. The van der Waals surface area contributed by atoms with Gasteiger partial charge in [0.15, 0.2) is 0 Å². The number of carbonyl (C=O) groups excluding carboxylic acids is 1. The maximum atomic E-state index is 11.2. The second-order valence-corrected chi connectivity index (χ2v) is 3.39. The Morgan fingerprint density at radius 3 is 2.67 bits per heavy atom. The Bertz CT molecular complexity index is 206. The number of nitrogens with one attached hydrogen (secondary N) is 1. The molecular formula is C10H19NO4. The van der Waals surface area contributed by atoms with Gasteiger partial charge in [-0.25, -0.2) is 0 Å². The Morgan fingerprint density at radius 2 is 2.13 bits per heavy atom. The van der Waals surface area contributed by atoms with Crippen LogP contribution in [0.15, 0.2) is 0 Å². The van der Waals surface area contributed by atoms with E-state index in [0.717, 1.165) is 0 Å². The van der Waals surface area contributed by atoms with Crippen LogP contribution in [-0.2, 0) is 14.3 Å². The van der Waals surface area contributed by atoms with Crippen molar-refractivity contribution >= 4 is 11.9 Å². The summed E-state index contributed by atoms with van der Waals surface area (Å²) < 4.78 is 4.93. The lowest BCUT2D eigenvalue weighted by Crippen LogP contribution is -2.35. The van der Waals surface area contributed by atoms with Crippen LogP contribution in [0.25, 0.3) is 0 Å². The standard InChI is InChI=1S/C10H19NO4/c1-3-15-7-9(12)11-8(2)5-4-6-10(13)14/h8H,3-7H2,1-2H3,(H,11,12)(H,13,14). The highest BCUT2D eigenvalue weighted by Gasteiger charge is 2.07. The second kappa shape index (κ2) is 8.23. The summed E-state index contributed by atoms with van der Waals surface area (Å²) in [5.41, 5.74) is 0. The van der Waals surface area contributed by atoms with Crippen molar-refractivity contribution < 1.29 is 19.4 Å². The van der Waals surface area contributed by atoms with Gasteiger partial charge in [0.1, 0.15) is 6.61 Å². The average Bonchev–Trinajstić information content (AvgIpc) is 2.14. The van der Waals surface area contributed by atoms with Crippen LogP contribution in [0.2, 0.25) is 0 Å². The molecule has 0 aliphatic rings. The number of hydrogen-bond donors (Lipinski definition) is 2. The molecule has 5 nitrogen and oxygen atoms in total. The monoisotopic (exact) mass is 217 g/mol. The zero-order valence-corrected chi connectivity index (χ0v) is 9.28. The molecule has 0 fully saturated rings. The summed E-state index contributed by atoms with van der Waals surface area (Å²) in [5.74, 6) is -0.956. The number of amides is 1. The van der Waals surface area contributed by atoms with Crippen molar-refractivity contribution in [2.24, 2.45) is 0 Å². The van der Waals surface area contributed by atoms with E-state index >= 15 is 0 Å². The second-order valence-electron chi connectivity index (χ2n) is 3.39. The average molecular weight is 217 g/mol. The zero-order chi connectivity index (χ0) is 11.7. The summed E-state index contributed by atoms with van der Waals surface area (Å²) in [5, 5.41) is 11.1. The third-order valence-corrected chi connectivity index (χ3v) is 1.87. The van der Waals surface area contributed by atoms with Gasteiger partial charge < -0.3 is 15.2 Å². The molecule has 0 aliphatic heterocycles. The first-order valence-electron chi connectivity index (χ1n) is 5.15. The van der Waals surface area contributed by atoms with Gasteiger partial charge in [-0.1, -0.05) is 0 Å². The van der Waals surface area contributed by atoms with E-state index < -0.39 is 5.97 Å². The van der Waals surface area contributed by atoms with Gasteiger partial charge in [-0.2, -0.15) is 0 Å². The maximum Gasteiger partial charge on any atom is 0.303 e. The van der Waals surface area contributed by atoms with E-state index in [9.17, 15) is 9.59 Å². The van der Waals surface area contributed by atoms with Crippen molar-refractivity contribution in [1.82, 2.24) is 5.32 Å². The fourth-order valence-electron chi connectivity index (χ4n) is 1.14. The Morgan fingerprint density at radius 1 is 1.47 bits per heavy atom. The quantitative estimate of drug-likeness (QED) is 0.630. The van der Waals surface area contributed by atoms with Crippen molar-refractivity contribution in [3.63, 3.8) is 0 Å². The fraction of sp³-hybridized carbons (Fsp3) is 0.800. The number of rotatable bonds is 8. The molecule has 0 aromatic rings. The number of hydrogen-bond acceptors (Lipinski definition) is 3. The van der Waals surface area contributed by atoms with E-state index in [0.29, 0.717) is 19.4 Å². The van der Waals surface area contributed by atoms with Crippen LogP contribution in [0.1, 0.15) is 33.1 Å². The third-order valence-electron chi connectivity index (χ3n) is 1.87. The SMILES string of the molecule is CCOCC(=O)NC(C)CCCC(=O)O. The number of carbonyl (C=O) groups is 2. The van der Waals surface area contributed by atoms with Crippen LogP contribution >= 0.6 is 0 Å². The predicted octanol–water partition coefficient (Wildman–Crippen LogP) is 0.782. The molecule has 0 saturated heterocycles. The van der Waals surface area contributed by atoms with Gasteiger partial charge in [-0.05, 0) is 26.7 Å². The van der Waals surface area contributed by atoms with Crippen LogP contribution in [0.4, 0.5) is 0 Å². The molecule has 0 heterocycles. The molecule has 0 rings (SSSR count). The molecule has 0 bridgehead atoms. The fourth-order valence-corrected chi connectivity index (χ4v) is 1.14. The summed E-state index contributed by atoms with van der Waals surface area (Å²) in [6, 6.07) is -0.00249. The van der Waals surface area contributed by atoms with Gasteiger partial charge in [0.2, 0.25) is 5.91 Å². The van der Waals surface area contributed by atoms with E-state index in [1.54, 1.807) is 0 Å². The first-order valence-corrected chi connectivity index (χ1v) is 5.15. The molecule has 0 spiro atoms. The Hall–Kier alpha value is -1.10. The summed E-state index contributed by atoms with van der Waals surface area (Å²) >= 11 is 0. The molecule has 1 unspecified atom stereocenters. The number of aliphatic carboxylic acids is 1. The molecular weight excluding hydrogens is 198 g/mol. The normalized spacial score (nSPS) is 12.1. The molecule has 2 N–H and O–H groups in total. The van der Waals surface area contributed by atoms with Crippen molar-refractivity contribution in [1.29, 1.82) is 0 Å². The highest BCUT2D eigenvalue weighted by Crippen LogP contribution is 2.00. The van der Waals surface area contributed by atoms with Crippen molar-refractivity contribution in [2.75, 3.05) is 13.2 Å². The van der Waals surface area contributed by atoms with E-state index in [1.807, 2.05) is 13.8 Å². The van der Waals surface area contributed by atoms with Crippen LogP contribution in [0.3, 0.4) is 0 Å². The van der Waals surface area contributed by atoms with Gasteiger partial charge >= 0.3 is 5.97 Å². The summed E-state index contributed by atoms with van der Waals surface area (Å²) in [4.78, 5) is 21.4. The van der Waals surface area contributed by atoms with Gasteiger partial charge in [0.05, 0.1) is 0 Å². The highest BCUT2D eigenvalue weighted by molar-refractivity contribution is 5.77. The zero-order valence-electron chi connectivity index (χ0n) is 9.28. The number of carboxylic acid groups (broad SMARTS) is 1. The van der Waals surface area contributed by atoms with Crippen molar-refractivity contribution in [3.05, 3.63) is 0 Å². The maximum absolute atomic E-state index is 11.2. The van der Waals surface area contributed by atoms with Gasteiger partial charge in [-0.15, -0.1) is 0 Å². The Labute approximate surface area is 89.8 Å². The predicted molar refractivity (Wildman–Crippen MR) is 55.6 cm³/mol. The lowest BCUT2D eigenvalue weighted by Gasteiger charge is -2.12. The molecule has 0 aromatic heterocycles. The van der Waals surface area contributed by atoms with E-state index in [2.05, 4.69) is 5.32 Å². The number of ether oxygens (including phenoxy) is 1. The van der Waals surface area contributed by atoms with Gasteiger partial charge in [-0.3, -0.25) is 9.59 Å². The molecule has 0 aromatic carbocycles. The van der Waals surface area contributed by atoms with Crippen molar-refractivity contribution in [3.8, 4) is 0 Å². The molecule has 88 valence electrons. The Balaban J connectivity index is 3.50. The van der Waals surface area contributed by atoms with Crippen LogP contribution in [0, 0.1) is 0 Å². The minimum atomic E-state index is -0.803. The molecule has 1 amide bonds. The number of carboxylic acids is 1. The molecule has 5 heteroatoms. The summed E-state index contributed by atoms with van der Waals surface area (Å²) in [7, 11) is 0. The molecule has 0 aliphatic carbocycles. The highest BCUT2D eigenvalue weighted by atomic mass is 16.5. The molecule has 1 atom stereocenters. The summed E-state index contributed by atoms with van der Waals surface area (Å²) in [6.07, 6.45) is 1.39. The molecule has 0 saturated carbocycles. The smallest absolute Gasteiger partial charge is 0.303 e. The van der Waals surface area contributed by atoms with E-state index in [-0.39, 0.29) is 25.0 Å². The lowest BCUT2D eigenvalue weighted by molar-refractivity contribution is -0.137. The van der Waals surface area contributed by atoms with Gasteiger partial charge in [0.25, 0.3) is 0 Å². The van der Waals surface area contributed by atoms with Crippen LogP contribution in [0.5, 0.6) is 0 Å². The first kappa shape index (κ1) is 13.9. The molecule has 0 radical (unpaired) electrons. The van der Waals surface area contributed by atoms with Crippen molar-refractivity contribution in [2.45, 2.75) is 39.2 Å². The Kier molecular flexibility index (Phi) is 7.62. The largest absolute Gasteiger partial charge is 0.481 e. The van der Waals surface area contributed by atoms with E-state index in [1.165, 1.54) is 0 Å². The third kappa shape index (κ3) is 9.21. The van der Waals surface area contributed by atoms with Crippen LogP contribution in [-0.4, -0.2) is 36.2 Å². The van der Waals surface area contributed by atoms with Gasteiger partial charge in [0, 0.05) is 19.1 Å². The minimum absolute atomic E-state index is 0.00249. The topological polar surface area (TPSA) is 75.6 Å². The first-order chi connectivity index (χ1) is 7.06.